The number of hydrogen-bond acceptors (Lipinski definition) is 2. The van der Waals surface area contributed by atoms with Crippen LogP contribution in [0.3, 0.4) is 0 Å². The van der Waals surface area contributed by atoms with Gasteiger partial charge in [0.1, 0.15) is 0 Å². The van der Waals surface area contributed by atoms with Crippen LogP contribution in [0.2, 0.25) is 0 Å². The Hall–Kier alpha value is -0.150. The average Bonchev–Trinajstić information content (AvgIpc) is 2.41. The molecule has 0 bridgehead atoms. The Morgan fingerprint density at radius 2 is 2.60 bits per heavy atom. The monoisotopic (exact) mass is 217 g/mol. The Kier molecular flexibility index (Phi) is 3.68. The van der Waals surface area contributed by atoms with Gasteiger partial charge < -0.3 is 0 Å². The Balaban J connectivity index is 2.40. The fourth-order valence-electron chi connectivity index (χ4n) is 0.575. The van der Waals surface area contributed by atoms with E-state index in [-0.39, 0.29) is 0 Å². The van der Waals surface area contributed by atoms with Crippen LogP contribution in [0.4, 0.5) is 0 Å². The molecule has 54 valence electrons. The van der Waals surface area contributed by atoms with Crippen LogP contribution in [-0.4, -0.2) is 9.70 Å². The van der Waals surface area contributed by atoms with Crippen LogP contribution in [0.25, 0.3) is 6.08 Å². The molecular formula is C7H8BrNS. The molecule has 1 rings (SSSR count). The molecule has 0 amide bonds. The number of rotatable bonds is 3. The van der Waals surface area contributed by atoms with Crippen molar-refractivity contribution in [1.82, 2.24) is 4.37 Å². The van der Waals surface area contributed by atoms with Crippen LogP contribution in [0.1, 0.15) is 12.1 Å². The van der Waals surface area contributed by atoms with Gasteiger partial charge in [-0.25, -0.2) is 0 Å². The summed E-state index contributed by atoms with van der Waals surface area (Å²) in [6.07, 6.45) is 5.22. The van der Waals surface area contributed by atoms with Gasteiger partial charge in [0.05, 0.1) is 5.69 Å². The van der Waals surface area contributed by atoms with E-state index in [4.69, 9.17) is 0 Å². The standard InChI is InChI=1S/C7H8BrNS/c8-5-2-1-3-7-4-6-10-9-7/h1,3-4,6H,2,5H2/b3-1+. The van der Waals surface area contributed by atoms with Crippen molar-refractivity contribution in [2.45, 2.75) is 6.42 Å². The number of allylic oxidation sites excluding steroid dienone is 1. The summed E-state index contributed by atoms with van der Waals surface area (Å²) >= 11 is 4.83. The highest BCUT2D eigenvalue weighted by molar-refractivity contribution is 9.09. The van der Waals surface area contributed by atoms with Crippen molar-refractivity contribution in [3.05, 3.63) is 23.2 Å². The third-order valence-electron chi connectivity index (χ3n) is 1.02. The minimum absolute atomic E-state index is 1.02. The summed E-state index contributed by atoms with van der Waals surface area (Å²) in [5.41, 5.74) is 1.06. The van der Waals surface area contributed by atoms with E-state index in [2.05, 4.69) is 26.4 Å². The van der Waals surface area contributed by atoms with Gasteiger partial charge in [0.25, 0.3) is 0 Å². The predicted octanol–water partition coefficient (Wildman–Crippen LogP) is 2.94. The Morgan fingerprint density at radius 1 is 1.70 bits per heavy atom. The SMILES string of the molecule is BrCC/C=C/c1ccsn1. The lowest BCUT2D eigenvalue weighted by Gasteiger charge is -1.81. The van der Waals surface area contributed by atoms with Gasteiger partial charge in [0, 0.05) is 10.7 Å². The molecule has 10 heavy (non-hydrogen) atoms. The summed E-state index contributed by atoms with van der Waals surface area (Å²) in [5.74, 6) is 0. The van der Waals surface area contributed by atoms with Gasteiger partial charge in [-0.05, 0) is 30.1 Å². The zero-order valence-electron chi connectivity index (χ0n) is 5.46. The van der Waals surface area contributed by atoms with Gasteiger partial charge in [0.2, 0.25) is 0 Å². The molecule has 0 radical (unpaired) electrons. The Bertz CT molecular complexity index is 193. The molecule has 0 spiro atoms. The molecule has 1 aromatic rings. The van der Waals surface area contributed by atoms with Crippen molar-refractivity contribution in [1.29, 1.82) is 0 Å². The molecule has 0 aliphatic carbocycles. The van der Waals surface area contributed by atoms with Gasteiger partial charge in [0.15, 0.2) is 0 Å². The largest absolute Gasteiger partial charge is 0.193 e. The van der Waals surface area contributed by atoms with Crippen LogP contribution >= 0.6 is 27.5 Å². The molecule has 0 aromatic carbocycles. The van der Waals surface area contributed by atoms with Crippen LogP contribution in [-0.2, 0) is 0 Å². The molecule has 1 aromatic heterocycles. The molecule has 0 fully saturated rings. The van der Waals surface area contributed by atoms with Crippen LogP contribution < -0.4 is 0 Å². The molecule has 1 nitrogen and oxygen atoms in total. The van der Waals surface area contributed by atoms with Crippen LogP contribution in [0.5, 0.6) is 0 Å². The third-order valence-corrected chi connectivity index (χ3v) is 2.05. The summed E-state index contributed by atoms with van der Waals surface area (Å²) in [6.45, 7) is 0. The molecule has 0 aliphatic rings. The summed E-state index contributed by atoms with van der Waals surface area (Å²) in [5, 5.41) is 3.00. The first-order valence-electron chi connectivity index (χ1n) is 3.06. The maximum Gasteiger partial charge on any atom is 0.0765 e. The first kappa shape index (κ1) is 7.95. The lowest BCUT2D eigenvalue weighted by molar-refractivity contribution is 1.27. The number of aromatic nitrogens is 1. The summed E-state index contributed by atoms with van der Waals surface area (Å²) in [7, 11) is 0. The average molecular weight is 218 g/mol. The second kappa shape index (κ2) is 4.63. The number of alkyl halides is 1. The van der Waals surface area contributed by atoms with Gasteiger partial charge in [-0.15, -0.1) is 0 Å². The maximum absolute atomic E-state index is 4.13. The van der Waals surface area contributed by atoms with E-state index in [1.807, 2.05) is 17.5 Å². The van der Waals surface area contributed by atoms with Crippen molar-refractivity contribution in [2.24, 2.45) is 0 Å². The van der Waals surface area contributed by atoms with E-state index < -0.39 is 0 Å². The Labute approximate surface area is 73.1 Å². The highest BCUT2D eigenvalue weighted by Gasteiger charge is 1.84. The first-order chi connectivity index (χ1) is 4.93. The predicted molar refractivity (Wildman–Crippen MR) is 49.6 cm³/mol. The van der Waals surface area contributed by atoms with E-state index in [0.29, 0.717) is 0 Å². The molecule has 1 heterocycles. The fraction of sp³-hybridized carbons (Fsp3) is 0.286. The van der Waals surface area contributed by atoms with Crippen molar-refractivity contribution in [3.63, 3.8) is 0 Å². The first-order valence-corrected chi connectivity index (χ1v) is 5.02. The normalized spacial score (nSPS) is 10.9. The smallest absolute Gasteiger partial charge is 0.0765 e. The molecule has 0 atom stereocenters. The second-order valence-corrected chi connectivity index (χ2v) is 3.26. The summed E-state index contributed by atoms with van der Waals surface area (Å²) in [4.78, 5) is 0. The molecule has 0 aliphatic heterocycles. The lowest BCUT2D eigenvalue weighted by atomic mass is 10.3. The maximum atomic E-state index is 4.13. The van der Waals surface area contributed by atoms with Crippen molar-refractivity contribution < 1.29 is 0 Å². The molecule has 3 heteroatoms. The van der Waals surface area contributed by atoms with Crippen molar-refractivity contribution >= 4 is 33.5 Å². The fourth-order valence-corrected chi connectivity index (χ4v) is 1.34. The number of nitrogens with zero attached hydrogens (tertiary/aromatic N) is 1. The topological polar surface area (TPSA) is 12.9 Å². The van der Waals surface area contributed by atoms with Gasteiger partial charge in [-0.3, -0.25) is 0 Å². The highest BCUT2D eigenvalue weighted by Crippen LogP contribution is 2.02. The second-order valence-electron chi connectivity index (χ2n) is 1.80. The van der Waals surface area contributed by atoms with E-state index in [1.165, 1.54) is 11.5 Å². The van der Waals surface area contributed by atoms with E-state index in [1.54, 1.807) is 0 Å². The highest BCUT2D eigenvalue weighted by atomic mass is 79.9. The van der Waals surface area contributed by atoms with Crippen molar-refractivity contribution in [2.75, 3.05) is 5.33 Å². The van der Waals surface area contributed by atoms with Crippen LogP contribution in [0, 0.1) is 0 Å². The number of halogens is 1. The summed E-state index contributed by atoms with van der Waals surface area (Å²) in [6, 6.07) is 2.01. The van der Waals surface area contributed by atoms with E-state index >= 15 is 0 Å². The minimum Gasteiger partial charge on any atom is -0.193 e. The van der Waals surface area contributed by atoms with E-state index in [0.717, 1.165) is 17.4 Å². The zero-order chi connectivity index (χ0) is 7.23. The van der Waals surface area contributed by atoms with Crippen LogP contribution in [0.15, 0.2) is 17.5 Å². The zero-order valence-corrected chi connectivity index (χ0v) is 7.86. The van der Waals surface area contributed by atoms with Gasteiger partial charge in [-0.2, -0.15) is 4.37 Å². The van der Waals surface area contributed by atoms with E-state index in [9.17, 15) is 0 Å². The molecule has 0 unspecified atom stereocenters. The molecule has 0 N–H and O–H groups in total. The lowest BCUT2D eigenvalue weighted by Crippen LogP contribution is -1.68. The quantitative estimate of drug-likeness (QED) is 0.710. The van der Waals surface area contributed by atoms with Crippen molar-refractivity contribution in [3.8, 4) is 0 Å². The summed E-state index contributed by atoms with van der Waals surface area (Å²) < 4.78 is 4.13. The number of hydrogen-bond donors (Lipinski definition) is 0. The molecular weight excluding hydrogens is 210 g/mol. The van der Waals surface area contributed by atoms with Gasteiger partial charge in [-0.1, -0.05) is 22.0 Å². The van der Waals surface area contributed by atoms with Gasteiger partial charge >= 0.3 is 0 Å². The minimum atomic E-state index is 1.02. The molecule has 0 saturated heterocycles. The third kappa shape index (κ3) is 2.62. The Morgan fingerprint density at radius 3 is 3.20 bits per heavy atom. The molecule has 0 saturated carbocycles.